The Morgan fingerprint density at radius 2 is 1.55 bits per heavy atom. The minimum atomic E-state index is -0.748. The summed E-state index contributed by atoms with van der Waals surface area (Å²) in [6.45, 7) is 21.0. The number of aromatic nitrogens is 2. The van der Waals surface area contributed by atoms with Gasteiger partial charge in [0, 0.05) is 22.9 Å². The molecule has 2 atom stereocenters. The topological polar surface area (TPSA) is 27.1 Å². The minimum Gasteiger partial charge on any atom is -0.481 e. The lowest BCUT2D eigenvalue weighted by atomic mass is 10.1. The van der Waals surface area contributed by atoms with Crippen molar-refractivity contribution in [2.24, 2.45) is 0 Å². The van der Waals surface area contributed by atoms with Gasteiger partial charge in [0.05, 0.1) is 8.07 Å². The number of hydrogen-bond acceptors (Lipinski definition) is 2. The quantitative estimate of drug-likeness (QED) is 0.403. The number of hydrogen-bond donors (Lipinski definition) is 0. The summed E-state index contributed by atoms with van der Waals surface area (Å²) in [7, 11) is -1.12. The van der Waals surface area contributed by atoms with E-state index >= 15 is 0 Å². The maximum absolute atomic E-state index is 6.78. The first-order chi connectivity index (χ1) is 15.3. The maximum atomic E-state index is 6.78. The number of nitrogens with zero attached hydrogens (tertiary/aromatic N) is 2. The Morgan fingerprint density at radius 3 is 2.12 bits per heavy atom. The molecule has 1 aromatic carbocycles. The standard InChI is InChI=1S/C28H40N2OP2/c1-26(2,3)32(27(4,5)6)21-22-15-10-11-16-23(22)31-24-17-12-13-18-25(24)33(28(7,8)9)30-20-14-19-29-30/h10-21,23H,1-9H3. The summed E-state index contributed by atoms with van der Waals surface area (Å²) >= 11 is 0. The number of rotatable bonds is 5. The van der Waals surface area contributed by atoms with Gasteiger partial charge in [-0.1, -0.05) is 106 Å². The average molecular weight is 483 g/mol. The lowest BCUT2D eigenvalue weighted by Gasteiger charge is -2.40. The second-order valence-corrected chi connectivity index (χ2v) is 18.0. The molecule has 2 unspecified atom stereocenters. The SMILES string of the molecule is CC(C)(C)P(c1ccccc1OC1C=CC=CC1=CP(C(C)(C)C)C(C)(C)C)n1cccn1. The molecule has 178 valence electrons. The van der Waals surface area contributed by atoms with Gasteiger partial charge in [-0.05, 0) is 40.2 Å². The van der Waals surface area contributed by atoms with Crippen molar-refractivity contribution in [3.63, 3.8) is 0 Å². The number of ether oxygens (including phenoxy) is 1. The number of allylic oxidation sites excluding steroid dienone is 2. The van der Waals surface area contributed by atoms with Crippen LogP contribution in [0.4, 0.5) is 0 Å². The molecule has 0 aliphatic heterocycles. The van der Waals surface area contributed by atoms with Crippen molar-refractivity contribution < 1.29 is 4.74 Å². The van der Waals surface area contributed by atoms with Gasteiger partial charge in [-0.3, -0.25) is 0 Å². The van der Waals surface area contributed by atoms with E-state index in [9.17, 15) is 0 Å². The molecule has 3 nitrogen and oxygen atoms in total. The fraction of sp³-hybridized carbons (Fsp3) is 0.464. The molecule has 0 fully saturated rings. The van der Waals surface area contributed by atoms with Gasteiger partial charge < -0.3 is 4.74 Å². The minimum absolute atomic E-state index is 0.0363. The summed E-state index contributed by atoms with van der Waals surface area (Å²) in [5.41, 5.74) is 1.25. The zero-order valence-corrected chi connectivity index (χ0v) is 23.5. The van der Waals surface area contributed by atoms with E-state index in [0.29, 0.717) is 0 Å². The zero-order valence-electron chi connectivity index (χ0n) is 21.7. The van der Waals surface area contributed by atoms with Crippen molar-refractivity contribution in [3.8, 4) is 5.75 Å². The average Bonchev–Trinajstić information content (AvgIpc) is 3.20. The molecule has 1 aliphatic carbocycles. The van der Waals surface area contributed by atoms with Gasteiger partial charge in [-0.25, -0.2) is 4.45 Å². The summed E-state index contributed by atoms with van der Waals surface area (Å²) in [4.78, 5) is 0. The van der Waals surface area contributed by atoms with Gasteiger partial charge >= 0.3 is 0 Å². The molecule has 0 saturated carbocycles. The zero-order chi connectivity index (χ0) is 24.4. The molecule has 3 rings (SSSR count). The number of para-hydroxylation sites is 1. The van der Waals surface area contributed by atoms with Crippen LogP contribution >= 0.6 is 16.0 Å². The third-order valence-corrected chi connectivity index (χ3v) is 11.6. The highest BCUT2D eigenvalue weighted by Crippen LogP contribution is 2.61. The molecule has 0 radical (unpaired) electrons. The van der Waals surface area contributed by atoms with Crippen LogP contribution in [0.3, 0.4) is 0 Å². The molecule has 0 amide bonds. The molecule has 0 spiro atoms. The van der Waals surface area contributed by atoms with Crippen LogP contribution in [0.1, 0.15) is 62.3 Å². The Hall–Kier alpha value is -1.69. The van der Waals surface area contributed by atoms with Crippen LogP contribution in [-0.2, 0) is 0 Å². The lowest BCUT2D eigenvalue weighted by molar-refractivity contribution is 0.289. The van der Waals surface area contributed by atoms with Gasteiger partial charge in [0.15, 0.2) is 0 Å². The van der Waals surface area contributed by atoms with Crippen molar-refractivity contribution in [1.29, 1.82) is 0 Å². The van der Waals surface area contributed by atoms with E-state index in [-0.39, 0.29) is 29.5 Å². The first-order valence-corrected chi connectivity index (χ1v) is 14.4. The third-order valence-electron chi connectivity index (χ3n) is 5.42. The van der Waals surface area contributed by atoms with Crippen molar-refractivity contribution in [2.75, 3.05) is 0 Å². The second-order valence-electron chi connectivity index (χ2n) is 11.5. The summed E-state index contributed by atoms with van der Waals surface area (Å²) in [6, 6.07) is 10.5. The number of benzene rings is 1. The summed E-state index contributed by atoms with van der Waals surface area (Å²) in [5.74, 6) is 3.45. The molecule has 2 aromatic rings. The third kappa shape index (κ3) is 6.46. The van der Waals surface area contributed by atoms with E-state index in [0.717, 1.165) is 5.75 Å². The normalized spacial score (nSPS) is 19.3. The van der Waals surface area contributed by atoms with Gasteiger partial charge in [0.1, 0.15) is 11.9 Å². The highest BCUT2D eigenvalue weighted by atomic mass is 31.1. The molecule has 1 aliphatic rings. The van der Waals surface area contributed by atoms with Crippen molar-refractivity contribution in [1.82, 2.24) is 9.55 Å². The highest BCUT2D eigenvalue weighted by molar-refractivity contribution is 7.65. The van der Waals surface area contributed by atoms with Crippen molar-refractivity contribution >= 4 is 21.3 Å². The Bertz CT molecular complexity index is 1000. The second kappa shape index (κ2) is 9.89. The van der Waals surface area contributed by atoms with Gasteiger partial charge in [-0.2, -0.15) is 5.10 Å². The van der Waals surface area contributed by atoms with E-state index in [1.54, 1.807) is 0 Å². The van der Waals surface area contributed by atoms with Crippen molar-refractivity contribution in [2.45, 2.75) is 83.9 Å². The summed E-state index contributed by atoms with van der Waals surface area (Å²) in [6.07, 6.45) is 12.5. The molecule has 5 heteroatoms. The molecular formula is C28H40N2OP2. The van der Waals surface area contributed by atoms with Crippen LogP contribution in [0.5, 0.6) is 5.75 Å². The highest BCUT2D eigenvalue weighted by Gasteiger charge is 2.34. The molecule has 0 saturated heterocycles. The molecule has 1 heterocycles. The Labute approximate surface area is 203 Å². The lowest BCUT2D eigenvalue weighted by Crippen LogP contribution is -2.28. The van der Waals surface area contributed by atoms with Crippen molar-refractivity contribution in [3.05, 3.63) is 78.4 Å². The summed E-state index contributed by atoms with van der Waals surface area (Å²) in [5, 5.41) is 6.31. The Morgan fingerprint density at radius 1 is 0.879 bits per heavy atom. The molecular weight excluding hydrogens is 442 g/mol. The largest absolute Gasteiger partial charge is 0.481 e. The van der Waals surface area contributed by atoms with Crippen LogP contribution in [0.15, 0.2) is 78.4 Å². The molecule has 0 N–H and O–H groups in total. The van der Waals surface area contributed by atoms with E-state index < -0.39 is 8.07 Å². The van der Waals surface area contributed by atoms with E-state index in [4.69, 9.17) is 4.74 Å². The maximum Gasteiger partial charge on any atom is 0.142 e. The van der Waals surface area contributed by atoms with E-state index in [1.165, 1.54) is 10.9 Å². The Kier molecular flexibility index (Phi) is 7.77. The fourth-order valence-electron chi connectivity index (χ4n) is 4.33. The smallest absolute Gasteiger partial charge is 0.142 e. The first kappa shape index (κ1) is 25.9. The van der Waals surface area contributed by atoms with E-state index in [1.807, 2.05) is 12.3 Å². The van der Waals surface area contributed by atoms with Gasteiger partial charge in [0.2, 0.25) is 0 Å². The van der Waals surface area contributed by atoms with Crippen LogP contribution in [0.2, 0.25) is 0 Å². The molecule has 0 bridgehead atoms. The predicted octanol–water partition coefficient (Wildman–Crippen LogP) is 8.09. The molecule has 33 heavy (non-hydrogen) atoms. The van der Waals surface area contributed by atoms with Crippen LogP contribution in [-0.4, -0.2) is 31.1 Å². The van der Waals surface area contributed by atoms with Gasteiger partial charge in [0.25, 0.3) is 0 Å². The first-order valence-electron chi connectivity index (χ1n) is 11.7. The van der Waals surface area contributed by atoms with E-state index in [2.05, 4.69) is 132 Å². The monoisotopic (exact) mass is 482 g/mol. The molecule has 1 aromatic heterocycles. The summed E-state index contributed by atoms with van der Waals surface area (Å²) < 4.78 is 8.89. The fourth-order valence-corrected chi connectivity index (χ4v) is 10.1. The van der Waals surface area contributed by atoms with Crippen LogP contribution in [0.25, 0.3) is 0 Å². The van der Waals surface area contributed by atoms with Gasteiger partial charge in [-0.15, -0.1) is 0 Å². The Balaban J connectivity index is 2.01. The predicted molar refractivity (Wildman–Crippen MR) is 148 cm³/mol. The van der Waals surface area contributed by atoms with Crippen LogP contribution in [0, 0.1) is 0 Å². The van der Waals surface area contributed by atoms with Crippen LogP contribution < -0.4 is 10.0 Å².